The maximum absolute atomic E-state index is 10.7. The summed E-state index contributed by atoms with van der Waals surface area (Å²) in [5.74, 6) is 5.03. The van der Waals surface area contributed by atoms with Gasteiger partial charge in [0.25, 0.3) is 0 Å². The first-order valence-electron chi connectivity index (χ1n) is 8.34. The first-order chi connectivity index (χ1) is 10.2. The smallest absolute Gasteiger partial charge is 0.126 e. The monoisotopic (exact) mass is 304 g/mol. The Bertz CT molecular complexity index is 583. The second-order valence-electron chi connectivity index (χ2n) is 7.49. The zero-order valence-electron chi connectivity index (χ0n) is 12.1. The van der Waals surface area contributed by atoms with Gasteiger partial charge in [-0.05, 0) is 72.1 Å². The number of hydrogen-bond acceptors (Lipinski definition) is 2. The minimum atomic E-state index is -0.213. The second kappa shape index (κ2) is 4.39. The highest BCUT2D eigenvalue weighted by Crippen LogP contribution is 2.70. The van der Waals surface area contributed by atoms with E-state index in [1.54, 1.807) is 0 Å². The van der Waals surface area contributed by atoms with Crippen LogP contribution in [0, 0.1) is 29.6 Å². The van der Waals surface area contributed by atoms with Gasteiger partial charge in [-0.15, -0.1) is 0 Å². The molecule has 0 saturated heterocycles. The van der Waals surface area contributed by atoms with E-state index in [-0.39, 0.29) is 6.10 Å². The highest BCUT2D eigenvalue weighted by atomic mass is 35.5. The second-order valence-corrected chi connectivity index (χ2v) is 7.92. The Morgan fingerprint density at radius 3 is 2.76 bits per heavy atom. The van der Waals surface area contributed by atoms with E-state index < -0.39 is 0 Å². The van der Waals surface area contributed by atoms with Crippen LogP contribution in [0.15, 0.2) is 12.1 Å². The first-order valence-corrected chi connectivity index (χ1v) is 8.72. The fourth-order valence-electron chi connectivity index (χ4n) is 5.77. The fourth-order valence-corrected chi connectivity index (χ4v) is 6.03. The molecule has 0 amide bonds. The normalized spacial score (nSPS) is 39.8. The number of hydrogen-bond donors (Lipinski definition) is 1. The molecule has 0 spiro atoms. The molecule has 21 heavy (non-hydrogen) atoms. The van der Waals surface area contributed by atoms with Gasteiger partial charge in [0, 0.05) is 17.9 Å². The molecule has 3 aliphatic carbocycles. The third-order valence-electron chi connectivity index (χ3n) is 6.49. The van der Waals surface area contributed by atoms with Crippen molar-refractivity contribution in [2.45, 2.75) is 38.2 Å². The number of halogens is 1. The Labute approximate surface area is 130 Å². The van der Waals surface area contributed by atoms with Gasteiger partial charge < -0.3 is 9.84 Å². The van der Waals surface area contributed by atoms with Crippen LogP contribution in [0.3, 0.4) is 0 Å². The van der Waals surface area contributed by atoms with Crippen molar-refractivity contribution in [3.63, 3.8) is 0 Å². The average Bonchev–Trinajstić information content (AvgIpc) is 2.83. The van der Waals surface area contributed by atoms with Crippen molar-refractivity contribution in [3.8, 4) is 5.75 Å². The molecular formula is C18H21ClO2. The number of rotatable bonds is 3. The van der Waals surface area contributed by atoms with E-state index in [0.717, 1.165) is 53.0 Å². The van der Waals surface area contributed by atoms with Crippen molar-refractivity contribution in [1.82, 2.24) is 0 Å². The lowest BCUT2D eigenvalue weighted by molar-refractivity contribution is 0.128. The van der Waals surface area contributed by atoms with Crippen LogP contribution in [-0.2, 0) is 12.8 Å². The summed E-state index contributed by atoms with van der Waals surface area (Å²) in [5.41, 5.74) is 2.32. The molecule has 1 aromatic carbocycles. The zero-order valence-corrected chi connectivity index (χ0v) is 12.9. The van der Waals surface area contributed by atoms with Crippen LogP contribution in [0.2, 0.25) is 5.02 Å². The van der Waals surface area contributed by atoms with Crippen LogP contribution in [0.1, 0.15) is 30.4 Å². The molecule has 0 aromatic heterocycles. The van der Waals surface area contributed by atoms with E-state index in [1.165, 1.54) is 24.8 Å². The molecule has 1 heterocycles. The summed E-state index contributed by atoms with van der Waals surface area (Å²) in [6.07, 6.45) is 5.69. The number of aliphatic hydroxyl groups excluding tert-OH is 1. The van der Waals surface area contributed by atoms with Gasteiger partial charge in [-0.1, -0.05) is 11.6 Å². The molecule has 4 aliphatic rings. The SMILES string of the molecule is OC(Cc1cc(Cl)cc2c1OCC2)C1C2C3CCC(C3)C12. The highest BCUT2D eigenvalue weighted by Gasteiger charge is 2.66. The van der Waals surface area contributed by atoms with Gasteiger partial charge in [-0.25, -0.2) is 0 Å². The van der Waals surface area contributed by atoms with Crippen molar-refractivity contribution < 1.29 is 9.84 Å². The molecule has 112 valence electrons. The predicted octanol–water partition coefficient (Wildman–Crippen LogP) is 3.47. The Balaban J connectivity index is 1.37. The standard InChI is InChI=1S/C18H21ClO2/c19-13-6-11-3-4-21-18(11)12(7-13)8-14(20)17-15-9-1-2-10(5-9)16(15)17/h6-7,9-10,14-17,20H,1-5,8H2. The lowest BCUT2D eigenvalue weighted by Crippen LogP contribution is -2.18. The highest BCUT2D eigenvalue weighted by molar-refractivity contribution is 6.30. The van der Waals surface area contributed by atoms with E-state index in [9.17, 15) is 5.11 Å². The van der Waals surface area contributed by atoms with Crippen molar-refractivity contribution in [2.24, 2.45) is 29.6 Å². The molecule has 3 fully saturated rings. The molecule has 1 aromatic rings. The van der Waals surface area contributed by atoms with Crippen LogP contribution < -0.4 is 4.74 Å². The molecule has 1 aliphatic heterocycles. The topological polar surface area (TPSA) is 29.5 Å². The third-order valence-corrected chi connectivity index (χ3v) is 6.71. The number of ether oxygens (including phenoxy) is 1. The quantitative estimate of drug-likeness (QED) is 0.926. The summed E-state index contributed by atoms with van der Waals surface area (Å²) in [7, 11) is 0. The van der Waals surface area contributed by atoms with Gasteiger partial charge in [0.2, 0.25) is 0 Å². The molecule has 3 saturated carbocycles. The van der Waals surface area contributed by atoms with Gasteiger partial charge in [0.05, 0.1) is 12.7 Å². The molecule has 5 unspecified atom stereocenters. The van der Waals surface area contributed by atoms with Crippen LogP contribution in [0.5, 0.6) is 5.75 Å². The summed E-state index contributed by atoms with van der Waals surface area (Å²) in [6.45, 7) is 0.748. The summed E-state index contributed by atoms with van der Waals surface area (Å²) < 4.78 is 5.76. The molecule has 5 atom stereocenters. The molecule has 5 rings (SSSR count). The van der Waals surface area contributed by atoms with Gasteiger partial charge in [0.1, 0.15) is 5.75 Å². The molecule has 1 N–H and O–H groups in total. The van der Waals surface area contributed by atoms with Crippen molar-refractivity contribution in [2.75, 3.05) is 6.61 Å². The summed E-state index contributed by atoms with van der Waals surface area (Å²) >= 11 is 6.22. The zero-order chi connectivity index (χ0) is 14.1. The van der Waals surface area contributed by atoms with Crippen LogP contribution in [0.4, 0.5) is 0 Å². The summed E-state index contributed by atoms with van der Waals surface area (Å²) in [4.78, 5) is 0. The van der Waals surface area contributed by atoms with E-state index in [1.807, 2.05) is 12.1 Å². The van der Waals surface area contributed by atoms with Gasteiger partial charge >= 0.3 is 0 Å². The van der Waals surface area contributed by atoms with E-state index in [4.69, 9.17) is 16.3 Å². The predicted molar refractivity (Wildman–Crippen MR) is 81.7 cm³/mol. The summed E-state index contributed by atoms with van der Waals surface area (Å²) in [6, 6.07) is 3.99. The van der Waals surface area contributed by atoms with Crippen LogP contribution >= 0.6 is 11.6 Å². The largest absolute Gasteiger partial charge is 0.493 e. The maximum atomic E-state index is 10.7. The van der Waals surface area contributed by atoms with Gasteiger partial charge in [-0.2, -0.15) is 0 Å². The Morgan fingerprint density at radius 2 is 2.00 bits per heavy atom. The fraction of sp³-hybridized carbons (Fsp3) is 0.667. The van der Waals surface area contributed by atoms with Crippen LogP contribution in [-0.4, -0.2) is 17.8 Å². The van der Waals surface area contributed by atoms with E-state index in [0.29, 0.717) is 12.3 Å². The first kappa shape index (κ1) is 12.8. The lowest BCUT2D eigenvalue weighted by Gasteiger charge is -2.17. The number of aliphatic hydroxyl groups is 1. The minimum Gasteiger partial charge on any atom is -0.493 e. The average molecular weight is 305 g/mol. The van der Waals surface area contributed by atoms with Crippen molar-refractivity contribution in [3.05, 3.63) is 28.3 Å². The molecule has 2 nitrogen and oxygen atoms in total. The third kappa shape index (κ3) is 1.82. The van der Waals surface area contributed by atoms with E-state index >= 15 is 0 Å². The van der Waals surface area contributed by atoms with Gasteiger partial charge in [0.15, 0.2) is 0 Å². The maximum Gasteiger partial charge on any atom is 0.126 e. The Hall–Kier alpha value is -0.730. The van der Waals surface area contributed by atoms with Gasteiger partial charge in [-0.3, -0.25) is 0 Å². The molecule has 2 bridgehead atoms. The number of fused-ring (bicyclic) bond motifs is 6. The van der Waals surface area contributed by atoms with Crippen LogP contribution in [0.25, 0.3) is 0 Å². The van der Waals surface area contributed by atoms with Crippen molar-refractivity contribution >= 4 is 11.6 Å². The number of benzene rings is 1. The molecule has 3 heteroatoms. The molecule has 0 radical (unpaired) electrons. The molecular weight excluding hydrogens is 284 g/mol. The van der Waals surface area contributed by atoms with Crippen molar-refractivity contribution in [1.29, 1.82) is 0 Å². The minimum absolute atomic E-state index is 0.213. The summed E-state index contributed by atoms with van der Waals surface area (Å²) in [5, 5.41) is 11.5. The Morgan fingerprint density at radius 1 is 1.24 bits per heavy atom. The lowest BCUT2D eigenvalue weighted by atomic mass is 9.94. The Kier molecular flexibility index (Phi) is 2.67. The van der Waals surface area contributed by atoms with E-state index in [2.05, 4.69) is 0 Å².